The van der Waals surface area contributed by atoms with Crippen LogP contribution in [-0.2, 0) is 28.6 Å². The summed E-state index contributed by atoms with van der Waals surface area (Å²) in [4.78, 5) is 38.4. The fourth-order valence-corrected chi connectivity index (χ4v) is 6.66. The van der Waals surface area contributed by atoms with Crippen LogP contribution in [0, 0.1) is 5.92 Å². The molecule has 13 heteroatoms. The van der Waals surface area contributed by atoms with Crippen LogP contribution in [0.25, 0.3) is 0 Å². The van der Waals surface area contributed by atoms with Gasteiger partial charge in [0.2, 0.25) is 17.7 Å². The number of hydrogen-bond donors (Lipinski definition) is 6. The predicted molar refractivity (Wildman–Crippen MR) is 169 cm³/mol. The summed E-state index contributed by atoms with van der Waals surface area (Å²) in [6.45, 7) is 5.98. The molecule has 9 atom stereocenters. The second kappa shape index (κ2) is 20.3. The Labute approximate surface area is 273 Å². The summed E-state index contributed by atoms with van der Waals surface area (Å²) < 4.78 is 17.6. The number of likely N-dealkylation sites (tertiary alicyclic amines) is 1. The number of rotatable bonds is 19. The molecule has 3 aliphatic rings. The molecule has 2 aliphatic heterocycles. The van der Waals surface area contributed by atoms with Gasteiger partial charge in [-0.1, -0.05) is 25.3 Å². The van der Waals surface area contributed by atoms with Gasteiger partial charge in [0.25, 0.3) is 0 Å². The first kappa shape index (κ1) is 38.3. The molecule has 0 radical (unpaired) electrons. The van der Waals surface area contributed by atoms with Crippen LogP contribution < -0.4 is 10.6 Å². The molecular formula is C33H57N3O10. The lowest BCUT2D eigenvalue weighted by Gasteiger charge is -2.42. The maximum atomic E-state index is 12.9. The van der Waals surface area contributed by atoms with Gasteiger partial charge in [-0.25, -0.2) is 0 Å². The third-order valence-electron chi connectivity index (χ3n) is 9.26. The van der Waals surface area contributed by atoms with Crippen molar-refractivity contribution in [2.45, 2.75) is 139 Å². The average molecular weight is 656 g/mol. The molecule has 264 valence electrons. The molecule has 0 aromatic rings. The molecule has 0 bridgehead atoms. The molecule has 3 fully saturated rings. The standard InChI is InChI=1S/C33H57N3O10/c1-3-23-11-10-12-25(17-23)45-26-18-24(20-37)36(19-26)29(41)14-7-4-8-15-34-28(40)13-6-5-9-16-44-33-30(35-22(2)39)32(43)31(42)27(21-38)46-33/h3,23-27,30-33,37-38,42-43H,1,4-21H2,2H3,(H,34,40)(H,35,39)/t23?,24-,25?,26+,27?,30?,31?,32?,33?/m0/s1. The summed E-state index contributed by atoms with van der Waals surface area (Å²) in [5, 5.41) is 45.1. The van der Waals surface area contributed by atoms with E-state index in [1.807, 2.05) is 6.08 Å². The second-order valence-electron chi connectivity index (χ2n) is 12.9. The number of carbonyl (C=O) groups is 3. The highest BCUT2D eigenvalue weighted by molar-refractivity contribution is 5.77. The van der Waals surface area contributed by atoms with E-state index in [1.54, 1.807) is 4.90 Å². The third kappa shape index (κ3) is 12.1. The fraction of sp³-hybridized carbons (Fsp3) is 0.848. The first-order valence-electron chi connectivity index (χ1n) is 17.1. The lowest BCUT2D eigenvalue weighted by molar-refractivity contribution is -0.270. The number of nitrogens with one attached hydrogen (secondary N) is 2. The van der Waals surface area contributed by atoms with Gasteiger partial charge in [0, 0.05) is 39.5 Å². The number of aliphatic hydroxyl groups is 4. The molecular weight excluding hydrogens is 598 g/mol. The molecule has 6 N–H and O–H groups in total. The Morgan fingerprint density at radius 3 is 2.43 bits per heavy atom. The highest BCUT2D eigenvalue weighted by Gasteiger charge is 2.45. The van der Waals surface area contributed by atoms with Crippen molar-refractivity contribution in [1.82, 2.24) is 15.5 Å². The van der Waals surface area contributed by atoms with Gasteiger partial charge in [-0.05, 0) is 57.3 Å². The van der Waals surface area contributed by atoms with Gasteiger partial charge in [-0.2, -0.15) is 0 Å². The first-order valence-corrected chi connectivity index (χ1v) is 17.1. The first-order chi connectivity index (χ1) is 22.2. The molecule has 0 aromatic carbocycles. The quantitative estimate of drug-likeness (QED) is 0.0863. The lowest BCUT2D eigenvalue weighted by Crippen LogP contribution is -2.64. The van der Waals surface area contributed by atoms with Crippen LogP contribution in [0.3, 0.4) is 0 Å². The molecule has 13 nitrogen and oxygen atoms in total. The minimum atomic E-state index is -1.36. The Bertz CT molecular complexity index is 955. The van der Waals surface area contributed by atoms with E-state index in [-0.39, 0.29) is 43.3 Å². The SMILES string of the molecule is C=CC1CCCC(O[C@@H]2C[C@@H](CO)N(C(=O)CCCCCNC(=O)CCCCCOC3OC(CO)C(O)C(O)C3NC(C)=O)C2)C1. The zero-order valence-electron chi connectivity index (χ0n) is 27.4. The Morgan fingerprint density at radius 2 is 1.72 bits per heavy atom. The maximum absolute atomic E-state index is 12.9. The second-order valence-corrected chi connectivity index (χ2v) is 12.9. The maximum Gasteiger partial charge on any atom is 0.222 e. The van der Waals surface area contributed by atoms with Crippen molar-refractivity contribution in [3.63, 3.8) is 0 Å². The normalized spacial score (nSPS) is 31.4. The smallest absolute Gasteiger partial charge is 0.222 e. The molecule has 1 aliphatic carbocycles. The van der Waals surface area contributed by atoms with Crippen LogP contribution in [0.1, 0.15) is 90.4 Å². The molecule has 2 saturated heterocycles. The average Bonchev–Trinajstić information content (AvgIpc) is 3.46. The van der Waals surface area contributed by atoms with Gasteiger partial charge >= 0.3 is 0 Å². The molecule has 2 heterocycles. The largest absolute Gasteiger partial charge is 0.394 e. The fourth-order valence-electron chi connectivity index (χ4n) is 6.66. The number of amides is 3. The molecule has 3 rings (SSSR count). The predicted octanol–water partition coefficient (Wildman–Crippen LogP) is 0.907. The monoisotopic (exact) mass is 655 g/mol. The molecule has 46 heavy (non-hydrogen) atoms. The van der Waals surface area contributed by atoms with E-state index in [0.29, 0.717) is 51.1 Å². The number of aliphatic hydroxyl groups excluding tert-OH is 4. The molecule has 3 amide bonds. The van der Waals surface area contributed by atoms with Crippen molar-refractivity contribution in [2.24, 2.45) is 5.92 Å². The van der Waals surface area contributed by atoms with Gasteiger partial charge in [-0.3, -0.25) is 14.4 Å². The van der Waals surface area contributed by atoms with Crippen molar-refractivity contribution in [1.29, 1.82) is 0 Å². The zero-order valence-corrected chi connectivity index (χ0v) is 27.4. The third-order valence-corrected chi connectivity index (χ3v) is 9.26. The van der Waals surface area contributed by atoms with E-state index in [1.165, 1.54) is 6.92 Å². The van der Waals surface area contributed by atoms with Crippen LogP contribution in [-0.4, -0.2) is 125 Å². The van der Waals surface area contributed by atoms with E-state index in [2.05, 4.69) is 17.2 Å². The van der Waals surface area contributed by atoms with Crippen molar-refractivity contribution in [3.8, 4) is 0 Å². The number of nitrogens with zero attached hydrogens (tertiary/aromatic N) is 1. The van der Waals surface area contributed by atoms with Crippen LogP contribution in [0.2, 0.25) is 0 Å². The number of unbranched alkanes of at least 4 members (excludes halogenated alkanes) is 4. The Morgan fingerprint density at radius 1 is 0.957 bits per heavy atom. The van der Waals surface area contributed by atoms with Gasteiger partial charge < -0.3 is 50.2 Å². The van der Waals surface area contributed by atoms with Gasteiger partial charge in [0.05, 0.1) is 31.5 Å². The summed E-state index contributed by atoms with van der Waals surface area (Å²) in [7, 11) is 0. The van der Waals surface area contributed by atoms with Crippen LogP contribution in [0.15, 0.2) is 12.7 Å². The van der Waals surface area contributed by atoms with Crippen LogP contribution in [0.5, 0.6) is 0 Å². The van der Waals surface area contributed by atoms with E-state index < -0.39 is 43.2 Å². The highest BCUT2D eigenvalue weighted by atomic mass is 16.7. The minimum Gasteiger partial charge on any atom is -0.394 e. The highest BCUT2D eigenvalue weighted by Crippen LogP contribution is 2.31. The Kier molecular flexibility index (Phi) is 16.9. The van der Waals surface area contributed by atoms with Crippen molar-refractivity contribution >= 4 is 17.7 Å². The summed E-state index contributed by atoms with van der Waals surface area (Å²) in [6.07, 6.45) is 7.51. The number of allylic oxidation sites excluding steroid dienone is 1. The summed E-state index contributed by atoms with van der Waals surface area (Å²) in [6, 6.07) is -1.16. The van der Waals surface area contributed by atoms with Gasteiger partial charge in [-0.15, -0.1) is 6.58 Å². The Balaban J connectivity index is 1.22. The topological polar surface area (TPSA) is 187 Å². The van der Waals surface area contributed by atoms with Gasteiger partial charge in [0.1, 0.15) is 24.4 Å². The van der Waals surface area contributed by atoms with E-state index >= 15 is 0 Å². The number of ether oxygens (including phenoxy) is 3. The van der Waals surface area contributed by atoms with Crippen molar-refractivity contribution < 1.29 is 49.0 Å². The summed E-state index contributed by atoms with van der Waals surface area (Å²) in [5.41, 5.74) is 0. The zero-order chi connectivity index (χ0) is 33.5. The Hall–Kier alpha value is -2.13. The number of carbonyl (C=O) groups excluding carboxylic acids is 3. The van der Waals surface area contributed by atoms with Crippen LogP contribution in [0.4, 0.5) is 0 Å². The number of hydrogen-bond acceptors (Lipinski definition) is 10. The molecule has 7 unspecified atom stereocenters. The van der Waals surface area contributed by atoms with Crippen molar-refractivity contribution in [3.05, 3.63) is 12.7 Å². The van der Waals surface area contributed by atoms with E-state index in [4.69, 9.17) is 14.2 Å². The van der Waals surface area contributed by atoms with Gasteiger partial charge in [0.15, 0.2) is 6.29 Å². The molecule has 0 spiro atoms. The van der Waals surface area contributed by atoms with Crippen LogP contribution >= 0.6 is 0 Å². The minimum absolute atomic E-state index is 0.0330. The molecule has 1 saturated carbocycles. The van der Waals surface area contributed by atoms with E-state index in [0.717, 1.165) is 51.4 Å². The summed E-state index contributed by atoms with van der Waals surface area (Å²) >= 11 is 0. The molecule has 0 aromatic heterocycles. The lowest BCUT2D eigenvalue weighted by atomic mass is 9.87. The van der Waals surface area contributed by atoms with E-state index in [9.17, 15) is 34.8 Å². The van der Waals surface area contributed by atoms with Crippen molar-refractivity contribution in [2.75, 3.05) is 32.9 Å². The summed E-state index contributed by atoms with van der Waals surface area (Å²) in [5.74, 6) is 0.0963.